The zero-order valence-electron chi connectivity index (χ0n) is 17.3. The molecule has 0 aliphatic carbocycles. The lowest BCUT2D eigenvalue weighted by Gasteiger charge is -2.32. The first-order valence-corrected chi connectivity index (χ1v) is 10.5. The molecule has 0 saturated carbocycles. The van der Waals surface area contributed by atoms with E-state index in [9.17, 15) is 4.79 Å². The second-order valence-corrected chi connectivity index (χ2v) is 7.78. The van der Waals surface area contributed by atoms with E-state index in [1.54, 1.807) is 19.5 Å². The first-order valence-electron chi connectivity index (χ1n) is 10.5. The monoisotopic (exact) mass is 401 g/mol. The van der Waals surface area contributed by atoms with Gasteiger partial charge in [0, 0.05) is 49.2 Å². The van der Waals surface area contributed by atoms with Crippen LogP contribution >= 0.6 is 0 Å². The molecule has 0 spiro atoms. The van der Waals surface area contributed by atoms with Crippen molar-refractivity contribution in [2.24, 2.45) is 0 Å². The van der Waals surface area contributed by atoms with Crippen LogP contribution in [0.15, 0.2) is 67.0 Å². The molecule has 0 bridgehead atoms. The molecule has 1 amide bonds. The van der Waals surface area contributed by atoms with Gasteiger partial charge in [-0.25, -0.2) is 0 Å². The van der Waals surface area contributed by atoms with Gasteiger partial charge in [-0.05, 0) is 54.3 Å². The molecule has 0 unspecified atom stereocenters. The van der Waals surface area contributed by atoms with Gasteiger partial charge in [0.2, 0.25) is 5.91 Å². The maximum Gasteiger partial charge on any atom is 0.227 e. The van der Waals surface area contributed by atoms with Gasteiger partial charge in [-0.15, -0.1) is 0 Å². The molecule has 30 heavy (non-hydrogen) atoms. The largest absolute Gasteiger partial charge is 0.497 e. The van der Waals surface area contributed by atoms with Crippen LogP contribution in [0.5, 0.6) is 5.75 Å². The molecule has 3 aromatic rings. The van der Waals surface area contributed by atoms with Gasteiger partial charge in [0.25, 0.3) is 0 Å². The number of amides is 1. The van der Waals surface area contributed by atoms with Crippen LogP contribution in [-0.4, -0.2) is 41.0 Å². The predicted octanol–water partition coefficient (Wildman–Crippen LogP) is 4.02. The lowest BCUT2D eigenvalue weighted by atomic mass is 9.92. The minimum Gasteiger partial charge on any atom is -0.497 e. The first-order chi connectivity index (χ1) is 14.7. The maximum absolute atomic E-state index is 12.6. The van der Waals surface area contributed by atoms with E-state index in [0.717, 1.165) is 55.1 Å². The fourth-order valence-corrected chi connectivity index (χ4v) is 4.03. The van der Waals surface area contributed by atoms with Crippen molar-refractivity contribution in [2.75, 3.05) is 20.2 Å². The average Bonchev–Trinajstić information content (AvgIpc) is 2.80. The topological polar surface area (TPSA) is 55.3 Å². The van der Waals surface area contributed by atoms with Crippen LogP contribution in [0.3, 0.4) is 0 Å². The highest BCUT2D eigenvalue weighted by Crippen LogP contribution is 2.27. The number of carbonyl (C=O) groups excluding carboxylic acids is 1. The van der Waals surface area contributed by atoms with Gasteiger partial charge in [0.1, 0.15) is 5.75 Å². The first kappa shape index (κ1) is 20.1. The molecule has 1 aliphatic heterocycles. The maximum atomic E-state index is 12.6. The lowest BCUT2D eigenvalue weighted by Crippen LogP contribution is -2.39. The highest BCUT2D eigenvalue weighted by Gasteiger charge is 2.24. The highest BCUT2D eigenvalue weighted by molar-refractivity contribution is 5.78. The van der Waals surface area contributed by atoms with Crippen molar-refractivity contribution in [3.8, 4) is 5.75 Å². The smallest absolute Gasteiger partial charge is 0.227 e. The number of likely N-dealkylation sites (tertiary alicyclic amines) is 1. The fraction of sp³-hybridized carbons (Fsp3) is 0.320. The number of rotatable bonds is 6. The summed E-state index contributed by atoms with van der Waals surface area (Å²) >= 11 is 0. The Morgan fingerprint density at radius 3 is 2.63 bits per heavy atom. The summed E-state index contributed by atoms with van der Waals surface area (Å²) in [6.07, 6.45) is 6.61. The van der Waals surface area contributed by atoms with Gasteiger partial charge >= 0.3 is 0 Å². The molecule has 1 saturated heterocycles. The third-order valence-electron chi connectivity index (χ3n) is 5.69. The summed E-state index contributed by atoms with van der Waals surface area (Å²) in [4.78, 5) is 23.6. The molecule has 154 valence electrons. The highest BCUT2D eigenvalue weighted by atomic mass is 16.5. The number of pyridine rings is 2. The van der Waals surface area contributed by atoms with Crippen molar-refractivity contribution >= 4 is 5.91 Å². The van der Waals surface area contributed by atoms with E-state index < -0.39 is 0 Å². The zero-order chi connectivity index (χ0) is 20.8. The third kappa shape index (κ3) is 5.03. The zero-order valence-corrected chi connectivity index (χ0v) is 17.3. The SMILES string of the molecule is COc1cccc(Cc2cccc(C3CCN(C(=O)Cc4cccnc4)CC3)n2)c1. The van der Waals surface area contributed by atoms with Crippen molar-refractivity contribution < 1.29 is 9.53 Å². The molecule has 0 N–H and O–H groups in total. The molecule has 3 heterocycles. The van der Waals surface area contributed by atoms with Crippen LogP contribution in [0.25, 0.3) is 0 Å². The number of hydrogen-bond acceptors (Lipinski definition) is 4. The molecule has 2 aromatic heterocycles. The molecular weight excluding hydrogens is 374 g/mol. The van der Waals surface area contributed by atoms with Crippen molar-refractivity contribution in [1.29, 1.82) is 0 Å². The van der Waals surface area contributed by atoms with Crippen LogP contribution in [-0.2, 0) is 17.6 Å². The predicted molar refractivity (Wildman–Crippen MR) is 117 cm³/mol. The summed E-state index contributed by atoms with van der Waals surface area (Å²) in [5, 5.41) is 0. The molecule has 1 aliphatic rings. The van der Waals surface area contributed by atoms with Gasteiger partial charge in [-0.1, -0.05) is 24.3 Å². The molecule has 0 atom stereocenters. The number of piperidine rings is 1. The average molecular weight is 402 g/mol. The molecule has 1 aromatic carbocycles. The summed E-state index contributed by atoms with van der Waals surface area (Å²) in [6, 6.07) is 18.2. The Kier molecular flexibility index (Phi) is 6.38. The molecule has 5 nitrogen and oxygen atoms in total. The number of hydrogen-bond donors (Lipinski definition) is 0. The van der Waals surface area contributed by atoms with Gasteiger partial charge in [0.15, 0.2) is 0 Å². The van der Waals surface area contributed by atoms with Gasteiger partial charge in [-0.3, -0.25) is 14.8 Å². The lowest BCUT2D eigenvalue weighted by molar-refractivity contribution is -0.131. The fourth-order valence-electron chi connectivity index (χ4n) is 4.03. The molecule has 5 heteroatoms. The number of methoxy groups -OCH3 is 1. The Morgan fingerprint density at radius 1 is 1.07 bits per heavy atom. The summed E-state index contributed by atoms with van der Waals surface area (Å²) in [6.45, 7) is 1.57. The van der Waals surface area contributed by atoms with Crippen LogP contribution < -0.4 is 4.74 Å². The van der Waals surface area contributed by atoms with E-state index in [4.69, 9.17) is 9.72 Å². The van der Waals surface area contributed by atoms with E-state index in [2.05, 4.69) is 35.3 Å². The van der Waals surface area contributed by atoms with E-state index in [0.29, 0.717) is 12.3 Å². The summed E-state index contributed by atoms with van der Waals surface area (Å²) in [5.74, 6) is 1.45. The summed E-state index contributed by atoms with van der Waals surface area (Å²) in [7, 11) is 1.69. The number of nitrogens with zero attached hydrogens (tertiary/aromatic N) is 3. The van der Waals surface area contributed by atoms with Crippen LogP contribution in [0, 0.1) is 0 Å². The minimum absolute atomic E-state index is 0.182. The molecule has 1 fully saturated rings. The Labute approximate surface area is 177 Å². The van der Waals surface area contributed by atoms with E-state index in [1.807, 2.05) is 29.2 Å². The Bertz CT molecular complexity index is 982. The van der Waals surface area contributed by atoms with E-state index in [1.165, 1.54) is 5.56 Å². The van der Waals surface area contributed by atoms with Crippen molar-refractivity contribution in [3.05, 3.63) is 89.5 Å². The van der Waals surface area contributed by atoms with Gasteiger partial charge in [0.05, 0.1) is 13.5 Å². The van der Waals surface area contributed by atoms with Crippen molar-refractivity contribution in [1.82, 2.24) is 14.9 Å². The van der Waals surface area contributed by atoms with Crippen LogP contribution in [0.2, 0.25) is 0 Å². The van der Waals surface area contributed by atoms with Crippen LogP contribution in [0.4, 0.5) is 0 Å². The number of benzene rings is 1. The second-order valence-electron chi connectivity index (χ2n) is 7.78. The normalized spacial score (nSPS) is 14.5. The van der Waals surface area contributed by atoms with E-state index in [-0.39, 0.29) is 5.91 Å². The third-order valence-corrected chi connectivity index (χ3v) is 5.69. The minimum atomic E-state index is 0.182. The summed E-state index contributed by atoms with van der Waals surface area (Å²) < 4.78 is 5.32. The molecule has 0 radical (unpaired) electrons. The van der Waals surface area contributed by atoms with Crippen molar-refractivity contribution in [2.45, 2.75) is 31.6 Å². The van der Waals surface area contributed by atoms with E-state index >= 15 is 0 Å². The Balaban J connectivity index is 1.35. The standard InChI is InChI=1S/C25H27N3O2/c1-30-23-8-2-5-19(16-23)15-22-7-3-9-24(27-22)21-10-13-28(14-11-21)25(29)17-20-6-4-12-26-18-20/h2-9,12,16,18,21H,10-11,13-15,17H2,1H3. The number of ether oxygens (including phenoxy) is 1. The summed E-state index contributed by atoms with van der Waals surface area (Å²) in [5.41, 5.74) is 4.36. The Hall–Kier alpha value is -3.21. The van der Waals surface area contributed by atoms with Gasteiger partial charge in [-0.2, -0.15) is 0 Å². The Morgan fingerprint density at radius 2 is 1.87 bits per heavy atom. The quantitative estimate of drug-likeness (QED) is 0.626. The second kappa shape index (κ2) is 9.53. The number of carbonyl (C=O) groups is 1. The number of aromatic nitrogens is 2. The molecular formula is C25H27N3O2. The van der Waals surface area contributed by atoms with Gasteiger partial charge < -0.3 is 9.64 Å². The van der Waals surface area contributed by atoms with Crippen LogP contribution in [0.1, 0.15) is 41.3 Å². The molecule has 4 rings (SSSR count). The van der Waals surface area contributed by atoms with Crippen molar-refractivity contribution in [3.63, 3.8) is 0 Å².